The Hall–Kier alpha value is -1.22. The molecule has 1 aliphatic rings. The average molecular weight is 193 g/mol. The SMILES string of the molecule is COc1ccc(C2CCCN2)c(O)c1. The Morgan fingerprint density at radius 2 is 2.36 bits per heavy atom. The van der Waals surface area contributed by atoms with Gasteiger partial charge in [0.05, 0.1) is 7.11 Å². The third-order valence-corrected chi connectivity index (χ3v) is 2.67. The number of rotatable bonds is 2. The normalized spacial score (nSPS) is 21.1. The third-order valence-electron chi connectivity index (χ3n) is 2.67. The van der Waals surface area contributed by atoms with Gasteiger partial charge in [0, 0.05) is 17.7 Å². The molecule has 0 saturated carbocycles. The molecule has 1 atom stereocenters. The van der Waals surface area contributed by atoms with Crippen LogP contribution in [0.25, 0.3) is 0 Å². The topological polar surface area (TPSA) is 41.5 Å². The largest absolute Gasteiger partial charge is 0.507 e. The average Bonchev–Trinajstić information content (AvgIpc) is 2.70. The molecule has 1 aromatic carbocycles. The molecule has 3 nitrogen and oxygen atoms in total. The van der Waals surface area contributed by atoms with E-state index < -0.39 is 0 Å². The Morgan fingerprint density at radius 1 is 1.50 bits per heavy atom. The van der Waals surface area contributed by atoms with Crippen molar-refractivity contribution in [1.82, 2.24) is 5.32 Å². The maximum atomic E-state index is 9.76. The van der Waals surface area contributed by atoms with E-state index >= 15 is 0 Å². The Bertz CT molecular complexity index is 319. The van der Waals surface area contributed by atoms with E-state index in [9.17, 15) is 5.11 Å². The van der Waals surface area contributed by atoms with E-state index in [0.29, 0.717) is 17.5 Å². The monoisotopic (exact) mass is 193 g/mol. The van der Waals surface area contributed by atoms with Crippen molar-refractivity contribution in [3.05, 3.63) is 23.8 Å². The second-order valence-corrected chi connectivity index (χ2v) is 3.57. The van der Waals surface area contributed by atoms with E-state index in [-0.39, 0.29) is 0 Å². The fraction of sp³-hybridized carbons (Fsp3) is 0.455. The van der Waals surface area contributed by atoms with Crippen molar-refractivity contribution in [1.29, 1.82) is 0 Å². The maximum absolute atomic E-state index is 9.76. The van der Waals surface area contributed by atoms with Crippen LogP contribution in [-0.2, 0) is 0 Å². The molecule has 0 spiro atoms. The number of aromatic hydroxyl groups is 1. The first-order valence-electron chi connectivity index (χ1n) is 4.91. The van der Waals surface area contributed by atoms with Gasteiger partial charge in [-0.05, 0) is 25.5 Å². The molecule has 1 aromatic rings. The van der Waals surface area contributed by atoms with Gasteiger partial charge in [0.15, 0.2) is 0 Å². The smallest absolute Gasteiger partial charge is 0.124 e. The molecule has 0 radical (unpaired) electrons. The summed E-state index contributed by atoms with van der Waals surface area (Å²) in [5, 5.41) is 13.1. The van der Waals surface area contributed by atoms with Crippen molar-refractivity contribution in [2.24, 2.45) is 0 Å². The zero-order valence-corrected chi connectivity index (χ0v) is 8.29. The summed E-state index contributed by atoms with van der Waals surface area (Å²) in [6.45, 7) is 1.04. The molecular formula is C11H15NO2. The molecule has 0 amide bonds. The number of ether oxygens (including phenoxy) is 1. The summed E-state index contributed by atoms with van der Waals surface area (Å²) in [4.78, 5) is 0. The molecule has 2 N–H and O–H groups in total. The van der Waals surface area contributed by atoms with Gasteiger partial charge in [-0.3, -0.25) is 0 Å². The van der Waals surface area contributed by atoms with Crippen molar-refractivity contribution in [3.8, 4) is 11.5 Å². The van der Waals surface area contributed by atoms with E-state index in [4.69, 9.17) is 4.74 Å². The molecule has 1 fully saturated rings. The summed E-state index contributed by atoms with van der Waals surface area (Å²) >= 11 is 0. The fourth-order valence-electron chi connectivity index (χ4n) is 1.90. The van der Waals surface area contributed by atoms with Crippen molar-refractivity contribution in [3.63, 3.8) is 0 Å². The summed E-state index contributed by atoms with van der Waals surface area (Å²) in [5.41, 5.74) is 0.975. The van der Waals surface area contributed by atoms with E-state index in [2.05, 4.69) is 5.32 Å². The van der Waals surface area contributed by atoms with Gasteiger partial charge in [-0.1, -0.05) is 6.07 Å². The van der Waals surface area contributed by atoms with Crippen LogP contribution in [0.4, 0.5) is 0 Å². The highest BCUT2D eigenvalue weighted by Crippen LogP contribution is 2.32. The Morgan fingerprint density at radius 3 is 2.93 bits per heavy atom. The molecule has 0 aliphatic carbocycles. The first kappa shape index (κ1) is 9.34. The predicted octanol–water partition coefficient (Wildman–Crippen LogP) is 1.83. The number of nitrogens with one attached hydrogen (secondary N) is 1. The zero-order chi connectivity index (χ0) is 9.97. The first-order valence-corrected chi connectivity index (χ1v) is 4.91. The van der Waals surface area contributed by atoms with Crippen LogP contribution in [0.2, 0.25) is 0 Å². The summed E-state index contributed by atoms with van der Waals surface area (Å²) in [6, 6.07) is 5.78. The molecule has 0 bridgehead atoms. The van der Waals surface area contributed by atoms with Crippen LogP contribution in [0.1, 0.15) is 24.4 Å². The minimum atomic E-state index is 0.306. The molecule has 0 aromatic heterocycles. The lowest BCUT2D eigenvalue weighted by Crippen LogP contribution is -2.12. The number of hydrogen-bond acceptors (Lipinski definition) is 3. The molecule has 1 saturated heterocycles. The van der Waals surface area contributed by atoms with Crippen LogP contribution < -0.4 is 10.1 Å². The predicted molar refractivity (Wildman–Crippen MR) is 54.6 cm³/mol. The van der Waals surface area contributed by atoms with Crippen molar-refractivity contribution in [2.75, 3.05) is 13.7 Å². The maximum Gasteiger partial charge on any atom is 0.124 e. The number of phenols is 1. The molecule has 1 aliphatic heterocycles. The van der Waals surface area contributed by atoms with E-state index in [0.717, 1.165) is 18.5 Å². The standard InChI is InChI=1S/C11H15NO2/c1-14-8-4-5-9(11(13)7-8)10-3-2-6-12-10/h4-5,7,10,12-13H,2-3,6H2,1H3. The van der Waals surface area contributed by atoms with Crippen LogP contribution in [0.3, 0.4) is 0 Å². The Labute approximate surface area is 83.7 Å². The van der Waals surface area contributed by atoms with Gasteiger partial charge in [-0.2, -0.15) is 0 Å². The molecule has 76 valence electrons. The molecule has 3 heteroatoms. The second kappa shape index (κ2) is 3.88. The lowest BCUT2D eigenvalue weighted by atomic mass is 10.0. The molecule has 1 unspecified atom stereocenters. The second-order valence-electron chi connectivity index (χ2n) is 3.57. The third kappa shape index (κ3) is 1.68. The minimum Gasteiger partial charge on any atom is -0.507 e. The summed E-state index contributed by atoms with van der Waals surface area (Å²) in [7, 11) is 1.60. The van der Waals surface area contributed by atoms with Crippen LogP contribution in [0.5, 0.6) is 11.5 Å². The first-order chi connectivity index (χ1) is 6.81. The zero-order valence-electron chi connectivity index (χ0n) is 8.29. The molecular weight excluding hydrogens is 178 g/mol. The van der Waals surface area contributed by atoms with Crippen molar-refractivity contribution < 1.29 is 9.84 Å². The van der Waals surface area contributed by atoms with Gasteiger partial charge in [-0.15, -0.1) is 0 Å². The number of phenolic OH excluding ortho intramolecular Hbond substituents is 1. The van der Waals surface area contributed by atoms with Gasteiger partial charge >= 0.3 is 0 Å². The van der Waals surface area contributed by atoms with E-state index in [1.54, 1.807) is 13.2 Å². The van der Waals surface area contributed by atoms with Crippen molar-refractivity contribution in [2.45, 2.75) is 18.9 Å². The summed E-state index contributed by atoms with van der Waals surface area (Å²) in [5.74, 6) is 1.02. The molecule has 2 rings (SSSR count). The highest BCUT2D eigenvalue weighted by atomic mass is 16.5. The molecule has 14 heavy (non-hydrogen) atoms. The van der Waals surface area contributed by atoms with Crippen LogP contribution >= 0.6 is 0 Å². The van der Waals surface area contributed by atoms with Gasteiger partial charge in [0.1, 0.15) is 11.5 Å². The van der Waals surface area contributed by atoms with Gasteiger partial charge in [-0.25, -0.2) is 0 Å². The Balaban J connectivity index is 2.25. The number of hydrogen-bond donors (Lipinski definition) is 2. The summed E-state index contributed by atoms with van der Waals surface area (Å²) < 4.78 is 5.03. The van der Waals surface area contributed by atoms with Gasteiger partial charge < -0.3 is 15.2 Å². The van der Waals surface area contributed by atoms with Crippen LogP contribution in [0.15, 0.2) is 18.2 Å². The minimum absolute atomic E-state index is 0.306. The summed E-state index contributed by atoms with van der Waals surface area (Å²) in [6.07, 6.45) is 2.27. The van der Waals surface area contributed by atoms with Gasteiger partial charge in [0.25, 0.3) is 0 Å². The highest BCUT2D eigenvalue weighted by Gasteiger charge is 2.19. The fourth-order valence-corrected chi connectivity index (χ4v) is 1.90. The number of benzene rings is 1. The molecule has 1 heterocycles. The highest BCUT2D eigenvalue weighted by molar-refractivity contribution is 5.41. The Kier molecular flexibility index (Phi) is 2.59. The number of methoxy groups -OCH3 is 1. The van der Waals surface area contributed by atoms with Crippen LogP contribution in [-0.4, -0.2) is 18.8 Å². The van der Waals surface area contributed by atoms with Crippen molar-refractivity contribution >= 4 is 0 Å². The lowest BCUT2D eigenvalue weighted by Gasteiger charge is -2.13. The quantitative estimate of drug-likeness (QED) is 0.752. The van der Waals surface area contributed by atoms with E-state index in [1.165, 1.54) is 6.42 Å². The lowest BCUT2D eigenvalue weighted by molar-refractivity contribution is 0.404. The van der Waals surface area contributed by atoms with Gasteiger partial charge in [0.2, 0.25) is 0 Å². The van der Waals surface area contributed by atoms with Crippen LogP contribution in [0, 0.1) is 0 Å². The van der Waals surface area contributed by atoms with E-state index in [1.807, 2.05) is 12.1 Å².